The van der Waals surface area contributed by atoms with Crippen molar-refractivity contribution < 1.29 is 31.9 Å². The first-order chi connectivity index (χ1) is 22.8. The van der Waals surface area contributed by atoms with E-state index < -0.39 is 15.9 Å². The Morgan fingerprint density at radius 1 is 1.06 bits per heavy atom. The number of carbonyl (C=O) groups excluding carboxylic acids is 2. The van der Waals surface area contributed by atoms with Crippen LogP contribution in [0.3, 0.4) is 0 Å². The molecule has 1 saturated heterocycles. The molecule has 11 nitrogen and oxygen atoms in total. The van der Waals surface area contributed by atoms with Crippen LogP contribution in [0.25, 0.3) is 32.4 Å². The minimum atomic E-state index is -4.27. The first-order valence-corrected chi connectivity index (χ1v) is 18.3. The lowest BCUT2D eigenvalue weighted by Crippen LogP contribution is -2.42. The molecule has 7 rings (SSSR count). The van der Waals surface area contributed by atoms with Crippen LogP contribution in [0, 0.1) is 0 Å². The van der Waals surface area contributed by atoms with Gasteiger partial charge in [0.2, 0.25) is 10.2 Å². The van der Waals surface area contributed by atoms with Gasteiger partial charge in [-0.1, -0.05) is 25.3 Å². The maximum Gasteiger partial charge on any atom is 0.291 e. The summed E-state index contributed by atoms with van der Waals surface area (Å²) in [7, 11) is -4.27. The van der Waals surface area contributed by atoms with Crippen molar-refractivity contribution in [3.63, 3.8) is 0 Å². The normalized spacial score (nSPS) is 16.1. The van der Waals surface area contributed by atoms with E-state index in [1.165, 1.54) is 6.42 Å². The monoisotopic (exact) mass is 676 g/mol. The molecule has 0 spiro atoms. The average molecular weight is 677 g/mol. The van der Waals surface area contributed by atoms with Gasteiger partial charge >= 0.3 is 0 Å². The van der Waals surface area contributed by atoms with E-state index in [1.807, 2.05) is 23.6 Å². The van der Waals surface area contributed by atoms with Gasteiger partial charge in [0.1, 0.15) is 12.3 Å². The number of hydrogen-bond acceptors (Lipinski definition) is 9. The zero-order chi connectivity index (χ0) is 32.5. The molecule has 1 aliphatic carbocycles. The number of hydrogen-bond donors (Lipinski definition) is 1. The predicted molar refractivity (Wildman–Crippen MR) is 178 cm³/mol. The maximum absolute atomic E-state index is 13.7. The van der Waals surface area contributed by atoms with Crippen molar-refractivity contribution in [2.45, 2.75) is 55.8 Å². The smallest absolute Gasteiger partial charge is 0.291 e. The summed E-state index contributed by atoms with van der Waals surface area (Å²) in [6.07, 6.45) is 8.78. The van der Waals surface area contributed by atoms with E-state index in [1.54, 1.807) is 47.8 Å². The molecule has 2 fully saturated rings. The lowest BCUT2D eigenvalue weighted by atomic mass is 9.82. The van der Waals surface area contributed by atoms with Crippen LogP contribution in [0.15, 0.2) is 63.7 Å². The van der Waals surface area contributed by atoms with Gasteiger partial charge in [0.25, 0.3) is 15.9 Å². The van der Waals surface area contributed by atoms with Crippen LogP contribution in [-0.2, 0) is 26.1 Å². The summed E-state index contributed by atoms with van der Waals surface area (Å²) in [5.41, 5.74) is 4.24. The second kappa shape index (κ2) is 13.1. The summed E-state index contributed by atoms with van der Waals surface area (Å²) in [6, 6.07) is 12.3. The molecular weight excluding hydrogens is 641 g/mol. The Labute approximate surface area is 276 Å². The van der Waals surface area contributed by atoms with Gasteiger partial charge < -0.3 is 23.4 Å². The summed E-state index contributed by atoms with van der Waals surface area (Å²) in [6.45, 7) is 4.41. The van der Waals surface area contributed by atoms with Crippen LogP contribution in [-0.4, -0.2) is 67.6 Å². The number of furan rings is 1. The number of sulfonamides is 1. The van der Waals surface area contributed by atoms with Crippen molar-refractivity contribution >= 4 is 54.3 Å². The number of benzene rings is 2. The van der Waals surface area contributed by atoms with E-state index in [9.17, 15) is 18.0 Å². The minimum absolute atomic E-state index is 0.0501. The molecule has 0 atom stereocenters. The second-order valence-electron chi connectivity index (χ2n) is 11.9. The molecule has 4 heterocycles. The number of ether oxygens (including phenoxy) is 2. The van der Waals surface area contributed by atoms with Crippen LogP contribution in [0.5, 0.6) is 5.75 Å². The van der Waals surface area contributed by atoms with Crippen molar-refractivity contribution in [2.24, 2.45) is 0 Å². The van der Waals surface area contributed by atoms with E-state index in [0.717, 1.165) is 59.2 Å². The van der Waals surface area contributed by atoms with Gasteiger partial charge in [0, 0.05) is 29.6 Å². The van der Waals surface area contributed by atoms with E-state index in [2.05, 4.69) is 9.71 Å². The Morgan fingerprint density at radius 2 is 1.87 bits per heavy atom. The largest absolute Gasteiger partial charge is 0.494 e. The quantitative estimate of drug-likeness (QED) is 0.203. The summed E-state index contributed by atoms with van der Waals surface area (Å²) in [4.78, 5) is 33.3. The lowest BCUT2D eigenvalue weighted by Gasteiger charge is -2.27. The number of rotatable bonds is 9. The molecule has 0 bridgehead atoms. The fourth-order valence-corrected chi connectivity index (χ4v) is 8.95. The first-order valence-electron chi connectivity index (χ1n) is 16.0. The summed E-state index contributed by atoms with van der Waals surface area (Å²) in [5.74, 6) is 0.0593. The second-order valence-corrected chi connectivity index (χ2v) is 14.8. The van der Waals surface area contributed by atoms with Gasteiger partial charge in [-0.25, -0.2) is 9.71 Å². The Morgan fingerprint density at radius 3 is 2.62 bits per heavy atom. The van der Waals surface area contributed by atoms with Gasteiger partial charge in [0.05, 0.1) is 53.8 Å². The van der Waals surface area contributed by atoms with Gasteiger partial charge in [-0.15, -0.1) is 11.3 Å². The molecule has 1 aliphatic heterocycles. The molecule has 246 valence electrons. The lowest BCUT2D eigenvalue weighted by molar-refractivity contribution is -0.135. The molecule has 2 aromatic carbocycles. The molecule has 1 saturated carbocycles. The molecule has 1 N–H and O–H groups in total. The Kier molecular flexibility index (Phi) is 8.77. The topological polar surface area (TPSA) is 133 Å². The number of morpholine rings is 1. The number of nitrogens with one attached hydrogen (secondary N) is 1. The van der Waals surface area contributed by atoms with Crippen LogP contribution in [0.1, 0.15) is 60.9 Å². The molecule has 2 aliphatic rings. The molecule has 0 unspecified atom stereocenters. The highest BCUT2D eigenvalue weighted by molar-refractivity contribution is 7.92. The van der Waals surface area contributed by atoms with Crippen LogP contribution >= 0.6 is 11.3 Å². The molecule has 13 heteroatoms. The third-order valence-electron chi connectivity index (χ3n) is 8.94. The first kappa shape index (κ1) is 31.4. The maximum atomic E-state index is 13.7. The highest BCUT2D eigenvalue weighted by Crippen LogP contribution is 2.44. The number of aromatic nitrogens is 2. The molecule has 0 radical (unpaired) electrons. The third-order valence-corrected chi connectivity index (χ3v) is 11.7. The zero-order valence-corrected chi connectivity index (χ0v) is 27.7. The van der Waals surface area contributed by atoms with Gasteiger partial charge in [0.15, 0.2) is 0 Å². The number of carbonyl (C=O) groups is 2. The summed E-state index contributed by atoms with van der Waals surface area (Å²) >= 11 is 0.968. The fraction of sp³-hybridized carbons (Fsp3) is 0.382. The molecule has 2 amide bonds. The van der Waals surface area contributed by atoms with Gasteiger partial charge in [-0.3, -0.25) is 9.59 Å². The predicted octanol–water partition coefficient (Wildman–Crippen LogP) is 5.93. The summed E-state index contributed by atoms with van der Waals surface area (Å²) < 4.78 is 47.9. The standard InChI is InChI=1S/C34H36N4O7S2/c1-2-45-25-9-11-27-29(19-25)46-34(35-27)47(41,42)36-33(40)23-8-10-26-28(18-23)38(20-30(39)37-13-16-43-17-14-37)32(24-12-15-44-21-24)31(26)22-6-4-3-5-7-22/h8-12,15,18-19,21-22H,2-7,13-14,16-17,20H2,1H3,(H,36,40). The molecule has 47 heavy (non-hydrogen) atoms. The van der Waals surface area contributed by atoms with Crippen molar-refractivity contribution in [1.29, 1.82) is 0 Å². The van der Waals surface area contributed by atoms with Crippen molar-refractivity contribution in [3.05, 3.63) is 66.1 Å². The SMILES string of the molecule is CCOc1ccc2nc(S(=O)(=O)NC(=O)c3ccc4c(C5CCCCC5)c(-c5ccoc5)n(CC(=O)N5CCOCC5)c4c3)sc2c1. The van der Waals surface area contributed by atoms with E-state index in [0.29, 0.717) is 54.4 Å². The van der Waals surface area contributed by atoms with Crippen LogP contribution in [0.4, 0.5) is 0 Å². The Balaban J connectivity index is 1.28. The number of thiazole rings is 1. The third kappa shape index (κ3) is 6.27. The highest BCUT2D eigenvalue weighted by Gasteiger charge is 2.30. The fourth-order valence-electron chi connectivity index (χ4n) is 6.72. The van der Waals surface area contributed by atoms with Gasteiger partial charge in [-0.05, 0) is 67.6 Å². The Hall–Kier alpha value is -4.20. The van der Waals surface area contributed by atoms with Crippen LogP contribution < -0.4 is 9.46 Å². The minimum Gasteiger partial charge on any atom is -0.494 e. The van der Waals surface area contributed by atoms with E-state index in [4.69, 9.17) is 13.9 Å². The molecular formula is C34H36N4O7S2. The number of nitrogens with zero attached hydrogens (tertiary/aromatic N) is 3. The number of fused-ring (bicyclic) bond motifs is 2. The van der Waals surface area contributed by atoms with Crippen molar-refractivity contribution in [2.75, 3.05) is 32.9 Å². The van der Waals surface area contributed by atoms with Crippen LogP contribution in [0.2, 0.25) is 0 Å². The van der Waals surface area contributed by atoms with Gasteiger partial charge in [-0.2, -0.15) is 8.42 Å². The van der Waals surface area contributed by atoms with Crippen molar-refractivity contribution in [1.82, 2.24) is 19.2 Å². The zero-order valence-electron chi connectivity index (χ0n) is 26.1. The molecule has 5 aromatic rings. The number of amides is 2. The Bertz CT molecular complexity index is 2040. The highest BCUT2D eigenvalue weighted by atomic mass is 32.2. The molecule has 3 aromatic heterocycles. The van der Waals surface area contributed by atoms with E-state index in [-0.39, 0.29) is 28.3 Å². The average Bonchev–Trinajstić information content (AvgIpc) is 3.84. The van der Waals surface area contributed by atoms with E-state index >= 15 is 0 Å². The summed E-state index contributed by atoms with van der Waals surface area (Å²) in [5, 5.41) is 0.943. The van der Waals surface area contributed by atoms with Crippen molar-refractivity contribution in [3.8, 4) is 17.0 Å².